The van der Waals surface area contributed by atoms with Gasteiger partial charge in [-0.2, -0.15) is 0 Å². The summed E-state index contributed by atoms with van der Waals surface area (Å²) in [5.41, 5.74) is -2.48. The van der Waals surface area contributed by atoms with E-state index < -0.39 is 27.1 Å². The number of carbonyl (C=O) groups is 1. The van der Waals surface area contributed by atoms with Crippen molar-refractivity contribution in [3.63, 3.8) is 0 Å². The van der Waals surface area contributed by atoms with Gasteiger partial charge in [0.25, 0.3) is 0 Å². The molecule has 0 fully saturated rings. The average Bonchev–Trinajstić information content (AvgIpc) is 2.35. The van der Waals surface area contributed by atoms with E-state index in [1.54, 1.807) is 19.9 Å². The number of hydrogen-bond acceptors (Lipinski definition) is 5. The molecule has 1 rings (SSSR count). The topological polar surface area (TPSA) is 92.7 Å². The van der Waals surface area contributed by atoms with Gasteiger partial charge in [0.15, 0.2) is 0 Å². The fraction of sp³-hybridized carbons (Fsp3) is 0.500. The molecule has 0 heterocycles. The first-order valence-electron chi connectivity index (χ1n) is 6.36. The zero-order valence-corrected chi connectivity index (χ0v) is 13.6. The van der Waals surface area contributed by atoms with Crippen LogP contribution < -0.4 is 4.72 Å². The molecule has 2 N–H and O–H groups in total. The number of sulfonamides is 1. The Morgan fingerprint density at radius 2 is 1.71 bits per heavy atom. The zero-order valence-electron chi connectivity index (χ0n) is 12.8. The summed E-state index contributed by atoms with van der Waals surface area (Å²) in [7, 11) is -2.82. The Morgan fingerprint density at radius 3 is 2.19 bits per heavy atom. The van der Waals surface area contributed by atoms with Gasteiger partial charge in [-0.05, 0) is 39.8 Å². The second kappa shape index (κ2) is 5.75. The van der Waals surface area contributed by atoms with E-state index in [1.807, 2.05) is 0 Å². The highest BCUT2D eigenvalue weighted by molar-refractivity contribution is 7.89. The Labute approximate surface area is 125 Å². The van der Waals surface area contributed by atoms with Gasteiger partial charge in [-0.1, -0.05) is 12.1 Å². The van der Waals surface area contributed by atoms with Crippen molar-refractivity contribution in [2.75, 3.05) is 7.11 Å². The lowest BCUT2D eigenvalue weighted by Gasteiger charge is -2.37. The van der Waals surface area contributed by atoms with Crippen molar-refractivity contribution in [1.82, 2.24) is 4.72 Å². The van der Waals surface area contributed by atoms with Gasteiger partial charge in [-0.3, -0.25) is 0 Å². The zero-order chi connectivity index (χ0) is 16.5. The van der Waals surface area contributed by atoms with Crippen molar-refractivity contribution >= 4 is 16.0 Å². The molecule has 0 saturated carbocycles. The third kappa shape index (κ3) is 3.81. The van der Waals surface area contributed by atoms with E-state index in [0.717, 1.165) is 0 Å². The fourth-order valence-corrected chi connectivity index (χ4v) is 3.23. The first kappa shape index (κ1) is 17.6. The number of benzene rings is 1. The molecule has 21 heavy (non-hydrogen) atoms. The fourth-order valence-electron chi connectivity index (χ4n) is 1.50. The number of ether oxygens (including phenoxy) is 1. The van der Waals surface area contributed by atoms with Crippen molar-refractivity contribution in [2.24, 2.45) is 0 Å². The first-order valence-corrected chi connectivity index (χ1v) is 7.84. The van der Waals surface area contributed by atoms with Gasteiger partial charge in [0, 0.05) is 0 Å². The molecular formula is C14H21NO5S. The molecule has 0 aliphatic rings. The van der Waals surface area contributed by atoms with E-state index in [0.29, 0.717) is 0 Å². The Balaban J connectivity index is 3.31. The second-order valence-electron chi connectivity index (χ2n) is 5.78. The molecule has 6 nitrogen and oxygen atoms in total. The molecule has 1 aromatic carbocycles. The molecule has 0 amide bonds. The van der Waals surface area contributed by atoms with Crippen molar-refractivity contribution < 1.29 is 23.1 Å². The Kier molecular flexibility index (Phi) is 4.82. The predicted octanol–water partition coefficient (Wildman–Crippen LogP) is 1.30. The lowest BCUT2D eigenvalue weighted by molar-refractivity contribution is 0.00638. The molecule has 0 bridgehead atoms. The monoisotopic (exact) mass is 315 g/mol. The van der Waals surface area contributed by atoms with Crippen LogP contribution in [0.1, 0.15) is 38.1 Å². The van der Waals surface area contributed by atoms with Crippen LogP contribution in [0.15, 0.2) is 29.2 Å². The standard InChI is InChI=1S/C14H21NO5S/c1-13(2,14(3,4)17)15-21(18,19)11-9-7-6-8-10(11)12(16)20-5/h6-9,15,17H,1-5H3. The van der Waals surface area contributed by atoms with Crippen molar-refractivity contribution in [2.45, 2.75) is 43.7 Å². The van der Waals surface area contributed by atoms with Crippen LogP contribution in [0.3, 0.4) is 0 Å². The number of aliphatic hydroxyl groups is 1. The molecule has 0 unspecified atom stereocenters. The second-order valence-corrected chi connectivity index (χ2v) is 7.43. The smallest absolute Gasteiger partial charge is 0.339 e. The molecule has 0 atom stereocenters. The third-order valence-corrected chi connectivity index (χ3v) is 5.21. The van der Waals surface area contributed by atoms with Gasteiger partial charge in [-0.25, -0.2) is 17.9 Å². The van der Waals surface area contributed by atoms with Crippen LogP contribution in [0.4, 0.5) is 0 Å². The van der Waals surface area contributed by atoms with Gasteiger partial charge >= 0.3 is 5.97 Å². The summed E-state index contributed by atoms with van der Waals surface area (Å²) in [5.74, 6) is -0.739. The maximum Gasteiger partial charge on any atom is 0.339 e. The molecule has 0 aliphatic heterocycles. The molecule has 0 radical (unpaired) electrons. The van der Waals surface area contributed by atoms with E-state index >= 15 is 0 Å². The molecule has 0 spiro atoms. The molecular weight excluding hydrogens is 294 g/mol. The average molecular weight is 315 g/mol. The molecule has 1 aromatic rings. The lowest BCUT2D eigenvalue weighted by atomic mass is 9.87. The number of esters is 1. The summed E-state index contributed by atoms with van der Waals surface area (Å²) in [5, 5.41) is 10.1. The third-order valence-electron chi connectivity index (χ3n) is 3.50. The number of hydrogen-bond donors (Lipinski definition) is 2. The minimum Gasteiger partial charge on any atom is -0.465 e. The van der Waals surface area contributed by atoms with Gasteiger partial charge < -0.3 is 9.84 Å². The summed E-state index contributed by atoms with van der Waals surface area (Å²) in [4.78, 5) is 11.5. The Morgan fingerprint density at radius 1 is 1.19 bits per heavy atom. The van der Waals surface area contributed by atoms with Crippen molar-refractivity contribution in [3.8, 4) is 0 Å². The van der Waals surface area contributed by atoms with Crippen LogP contribution in [0, 0.1) is 0 Å². The highest BCUT2D eigenvalue weighted by Crippen LogP contribution is 2.25. The summed E-state index contributed by atoms with van der Waals surface area (Å²) < 4.78 is 32.0. The normalized spacial score (nSPS) is 13.0. The van der Waals surface area contributed by atoms with Crippen LogP contribution in [-0.4, -0.2) is 37.7 Å². The highest BCUT2D eigenvalue weighted by atomic mass is 32.2. The van der Waals surface area contributed by atoms with Crippen molar-refractivity contribution in [3.05, 3.63) is 29.8 Å². The SMILES string of the molecule is COC(=O)c1ccccc1S(=O)(=O)NC(C)(C)C(C)(C)O. The predicted molar refractivity (Wildman–Crippen MR) is 78.5 cm³/mol. The van der Waals surface area contributed by atoms with Gasteiger partial charge in [-0.15, -0.1) is 0 Å². The summed E-state index contributed by atoms with van der Waals surface area (Å²) in [6.45, 7) is 6.13. The largest absolute Gasteiger partial charge is 0.465 e. The van der Waals surface area contributed by atoms with Gasteiger partial charge in [0.1, 0.15) is 0 Å². The highest BCUT2D eigenvalue weighted by Gasteiger charge is 2.39. The van der Waals surface area contributed by atoms with E-state index in [2.05, 4.69) is 9.46 Å². The van der Waals surface area contributed by atoms with E-state index in [-0.39, 0.29) is 10.5 Å². The van der Waals surface area contributed by atoms with E-state index in [4.69, 9.17) is 0 Å². The minimum absolute atomic E-state index is 0.0564. The Bertz CT molecular complexity index is 629. The van der Waals surface area contributed by atoms with E-state index in [1.165, 1.54) is 39.2 Å². The van der Waals surface area contributed by atoms with Crippen LogP contribution in [-0.2, 0) is 14.8 Å². The molecule has 0 aliphatic carbocycles. The van der Waals surface area contributed by atoms with Crippen LogP contribution in [0.25, 0.3) is 0 Å². The Hall–Kier alpha value is -1.44. The maximum absolute atomic E-state index is 12.5. The number of rotatable bonds is 5. The molecule has 0 saturated heterocycles. The summed E-state index contributed by atoms with van der Waals surface area (Å²) in [6, 6.07) is 5.75. The van der Waals surface area contributed by atoms with Gasteiger partial charge in [0.2, 0.25) is 10.0 Å². The number of carbonyl (C=O) groups excluding carboxylic acids is 1. The quantitative estimate of drug-likeness (QED) is 0.799. The molecule has 118 valence electrons. The van der Waals surface area contributed by atoms with Crippen LogP contribution >= 0.6 is 0 Å². The lowest BCUT2D eigenvalue weighted by Crippen LogP contribution is -2.57. The maximum atomic E-state index is 12.5. The summed E-state index contributed by atoms with van der Waals surface area (Å²) >= 11 is 0. The summed E-state index contributed by atoms with van der Waals surface area (Å²) in [6.07, 6.45) is 0. The number of methoxy groups -OCH3 is 1. The van der Waals surface area contributed by atoms with Gasteiger partial charge in [0.05, 0.1) is 28.7 Å². The first-order chi connectivity index (χ1) is 9.42. The molecule has 0 aromatic heterocycles. The minimum atomic E-state index is -4.00. The van der Waals surface area contributed by atoms with E-state index in [9.17, 15) is 18.3 Å². The number of nitrogens with one attached hydrogen (secondary N) is 1. The van der Waals surface area contributed by atoms with Crippen LogP contribution in [0.2, 0.25) is 0 Å². The van der Waals surface area contributed by atoms with Crippen LogP contribution in [0.5, 0.6) is 0 Å². The van der Waals surface area contributed by atoms with Crippen molar-refractivity contribution in [1.29, 1.82) is 0 Å². The molecule has 7 heteroatoms.